The second kappa shape index (κ2) is 9.73. The molecule has 0 saturated heterocycles. The molecule has 3 heterocycles. The van der Waals surface area contributed by atoms with Crippen LogP contribution in [0.4, 0.5) is 0 Å². The van der Waals surface area contributed by atoms with Gasteiger partial charge in [0.15, 0.2) is 0 Å². The molecule has 0 fully saturated rings. The van der Waals surface area contributed by atoms with Crippen molar-refractivity contribution in [1.29, 1.82) is 0 Å². The van der Waals surface area contributed by atoms with Crippen molar-refractivity contribution in [3.05, 3.63) is 66.6 Å². The number of aromatic amines is 1. The highest BCUT2D eigenvalue weighted by Gasteiger charge is 2.10. The number of hydrogen-bond donors (Lipinski definition) is 1. The third-order valence-corrected chi connectivity index (χ3v) is 5.77. The number of hydrogen-bond acceptors (Lipinski definition) is 3. The van der Waals surface area contributed by atoms with Crippen LogP contribution in [0.2, 0.25) is 0 Å². The summed E-state index contributed by atoms with van der Waals surface area (Å²) < 4.78 is 2.26. The molecular weight excluding hydrogens is 382 g/mol. The van der Waals surface area contributed by atoms with E-state index in [0.717, 1.165) is 64.8 Å². The van der Waals surface area contributed by atoms with E-state index in [1.807, 2.05) is 18.6 Å². The number of unbranched alkanes of at least 4 members (excludes halogenated alkanes) is 2. The second-order valence-corrected chi connectivity index (χ2v) is 7.87. The molecule has 0 unspecified atom stereocenters. The van der Waals surface area contributed by atoms with Gasteiger partial charge in [0.05, 0.1) is 29.5 Å². The lowest BCUT2D eigenvalue weighted by atomic mass is 10.1. The van der Waals surface area contributed by atoms with Crippen LogP contribution < -0.4 is 0 Å². The van der Waals surface area contributed by atoms with Crippen molar-refractivity contribution in [3.8, 4) is 33.8 Å². The van der Waals surface area contributed by atoms with Crippen molar-refractivity contribution in [1.82, 2.24) is 24.5 Å². The number of H-pyrrole nitrogens is 1. The average molecular weight is 414 g/mol. The molecule has 0 bridgehead atoms. The van der Waals surface area contributed by atoms with Crippen LogP contribution in [0.1, 0.15) is 51.7 Å². The molecule has 0 amide bonds. The minimum Gasteiger partial charge on any atom is -0.342 e. The van der Waals surface area contributed by atoms with Crippen LogP contribution in [0, 0.1) is 0 Å². The van der Waals surface area contributed by atoms with Gasteiger partial charge in [-0.2, -0.15) is 0 Å². The number of benzene rings is 1. The predicted octanol–water partition coefficient (Wildman–Crippen LogP) is 6.32. The van der Waals surface area contributed by atoms with Crippen LogP contribution in [0.15, 0.2) is 55.0 Å². The van der Waals surface area contributed by atoms with Crippen LogP contribution in [0.3, 0.4) is 0 Å². The van der Waals surface area contributed by atoms with Crippen molar-refractivity contribution in [2.24, 2.45) is 0 Å². The minimum atomic E-state index is 0.912. The summed E-state index contributed by atoms with van der Waals surface area (Å²) in [5, 5.41) is 0. The molecule has 5 nitrogen and oxygen atoms in total. The molecule has 0 saturated carbocycles. The van der Waals surface area contributed by atoms with Gasteiger partial charge in [0.1, 0.15) is 11.6 Å². The highest BCUT2D eigenvalue weighted by molar-refractivity contribution is 5.68. The monoisotopic (exact) mass is 413 g/mol. The van der Waals surface area contributed by atoms with E-state index in [1.165, 1.54) is 19.3 Å². The van der Waals surface area contributed by atoms with E-state index in [0.29, 0.717) is 0 Å². The summed E-state index contributed by atoms with van der Waals surface area (Å²) in [6.45, 7) is 7.43. The van der Waals surface area contributed by atoms with Gasteiger partial charge < -0.3 is 9.55 Å². The first-order valence-corrected chi connectivity index (χ1v) is 11.4. The van der Waals surface area contributed by atoms with Gasteiger partial charge in [-0.05, 0) is 31.0 Å². The fourth-order valence-electron chi connectivity index (χ4n) is 3.99. The van der Waals surface area contributed by atoms with E-state index in [4.69, 9.17) is 4.98 Å². The zero-order valence-electron chi connectivity index (χ0n) is 18.7. The van der Waals surface area contributed by atoms with Crippen molar-refractivity contribution >= 4 is 0 Å². The first kappa shape index (κ1) is 21.0. The molecule has 0 radical (unpaired) electrons. The Balaban J connectivity index is 1.49. The second-order valence-electron chi connectivity index (χ2n) is 7.87. The first-order chi connectivity index (χ1) is 15.2. The largest absolute Gasteiger partial charge is 0.342 e. The number of nitrogens with one attached hydrogen (secondary N) is 1. The lowest BCUT2D eigenvalue weighted by molar-refractivity contribution is 0.699. The highest BCUT2D eigenvalue weighted by atomic mass is 15.1. The summed E-state index contributed by atoms with van der Waals surface area (Å²) in [6, 6.07) is 12.7. The van der Waals surface area contributed by atoms with Crippen molar-refractivity contribution in [3.63, 3.8) is 0 Å². The van der Waals surface area contributed by atoms with Crippen LogP contribution in [0.5, 0.6) is 0 Å². The molecule has 0 spiro atoms. The Morgan fingerprint density at radius 3 is 2.23 bits per heavy atom. The van der Waals surface area contributed by atoms with Crippen molar-refractivity contribution < 1.29 is 0 Å². The van der Waals surface area contributed by atoms with Crippen LogP contribution in [-0.2, 0) is 19.4 Å². The Morgan fingerprint density at radius 2 is 1.55 bits per heavy atom. The molecule has 0 aliphatic carbocycles. The van der Waals surface area contributed by atoms with Gasteiger partial charge in [0.2, 0.25) is 0 Å². The number of rotatable bonds is 9. The normalized spacial score (nSPS) is 11.2. The number of aromatic nitrogens is 5. The Morgan fingerprint density at radius 1 is 0.774 bits per heavy atom. The van der Waals surface area contributed by atoms with Crippen molar-refractivity contribution in [2.75, 3.05) is 0 Å². The average Bonchev–Trinajstić information content (AvgIpc) is 3.46. The third kappa shape index (κ3) is 4.61. The molecule has 5 heteroatoms. The summed E-state index contributed by atoms with van der Waals surface area (Å²) in [5.41, 5.74) is 6.52. The Hall–Kier alpha value is -3.21. The van der Waals surface area contributed by atoms with E-state index in [2.05, 4.69) is 76.7 Å². The maximum atomic E-state index is 4.72. The molecular formula is C26H31N5. The number of imidazole rings is 2. The van der Waals surface area contributed by atoms with Crippen LogP contribution in [-0.4, -0.2) is 24.5 Å². The molecule has 4 rings (SSSR count). The predicted molar refractivity (Wildman–Crippen MR) is 127 cm³/mol. The topological polar surface area (TPSA) is 59.4 Å². The van der Waals surface area contributed by atoms with Gasteiger partial charge in [0, 0.05) is 36.7 Å². The van der Waals surface area contributed by atoms with Crippen LogP contribution in [0.25, 0.3) is 33.8 Å². The van der Waals surface area contributed by atoms with E-state index in [-0.39, 0.29) is 0 Å². The quantitative estimate of drug-likeness (QED) is 0.327. The van der Waals surface area contributed by atoms with Gasteiger partial charge in [0.25, 0.3) is 0 Å². The maximum Gasteiger partial charge on any atom is 0.108 e. The summed E-state index contributed by atoms with van der Waals surface area (Å²) in [4.78, 5) is 17.3. The van der Waals surface area contributed by atoms with Gasteiger partial charge in [-0.3, -0.25) is 4.98 Å². The first-order valence-electron chi connectivity index (χ1n) is 11.4. The number of aryl methyl sites for hydroxylation is 2. The van der Waals surface area contributed by atoms with Gasteiger partial charge in [-0.25, -0.2) is 9.97 Å². The van der Waals surface area contributed by atoms with Crippen molar-refractivity contribution in [2.45, 2.75) is 59.4 Å². The maximum absolute atomic E-state index is 4.72. The Bertz CT molecular complexity index is 1100. The molecule has 1 aromatic carbocycles. The fourth-order valence-corrected chi connectivity index (χ4v) is 3.99. The standard InChI is InChI=1S/C26H31N5/c1-4-7-8-9-25-28-17-23(30-25)20-12-10-19(11-13-20)22-15-14-21(16-27-22)24-18-29-26(5-2)31(24)6-3/h10-18H,4-9H2,1-3H3,(H,28,30). The molecule has 3 aromatic heterocycles. The van der Waals surface area contributed by atoms with Gasteiger partial charge >= 0.3 is 0 Å². The molecule has 0 atom stereocenters. The molecule has 4 aromatic rings. The molecule has 0 aliphatic heterocycles. The summed E-state index contributed by atoms with van der Waals surface area (Å²) in [5.74, 6) is 2.19. The molecule has 0 aliphatic rings. The van der Waals surface area contributed by atoms with Gasteiger partial charge in [-0.15, -0.1) is 0 Å². The summed E-state index contributed by atoms with van der Waals surface area (Å²) in [7, 11) is 0. The Kier molecular flexibility index (Phi) is 6.60. The third-order valence-electron chi connectivity index (χ3n) is 5.77. The van der Waals surface area contributed by atoms with Gasteiger partial charge in [-0.1, -0.05) is 51.0 Å². The van der Waals surface area contributed by atoms with Crippen LogP contribution >= 0.6 is 0 Å². The summed E-state index contributed by atoms with van der Waals surface area (Å²) in [6.07, 6.45) is 11.4. The zero-order chi connectivity index (χ0) is 21.6. The smallest absolute Gasteiger partial charge is 0.108 e. The Labute approximate surface area is 184 Å². The number of nitrogens with zero attached hydrogens (tertiary/aromatic N) is 4. The SMILES string of the molecule is CCCCCc1ncc(-c2ccc(-c3ccc(-c4cnc(CC)n4CC)cn3)cc2)[nH]1. The van der Waals surface area contributed by atoms with E-state index in [9.17, 15) is 0 Å². The lowest BCUT2D eigenvalue weighted by Gasteiger charge is -2.09. The van der Waals surface area contributed by atoms with E-state index >= 15 is 0 Å². The number of pyridine rings is 1. The molecule has 160 valence electrons. The zero-order valence-corrected chi connectivity index (χ0v) is 18.7. The summed E-state index contributed by atoms with van der Waals surface area (Å²) >= 11 is 0. The molecule has 31 heavy (non-hydrogen) atoms. The minimum absolute atomic E-state index is 0.912. The highest BCUT2D eigenvalue weighted by Crippen LogP contribution is 2.26. The van der Waals surface area contributed by atoms with E-state index in [1.54, 1.807) is 0 Å². The molecule has 1 N–H and O–H groups in total. The lowest BCUT2D eigenvalue weighted by Crippen LogP contribution is -2.02. The fraction of sp³-hybridized carbons (Fsp3) is 0.346. The van der Waals surface area contributed by atoms with E-state index < -0.39 is 0 Å².